The molecule has 170 valence electrons. The van der Waals surface area contributed by atoms with E-state index in [0.29, 0.717) is 17.8 Å². The molecule has 10 nitrogen and oxygen atoms in total. The standard InChI is InChI=1S/C21H25N5O5S/c1-11-4-5-14(15-6-7-16(32-15)18(28)23-2)26(10-11)21(30)19(29)25-12-8-13(17(22)27)20(31-3)24-9-12/h6-9,11,14H,4-5,10H2,1-3H3,(H2,22,27)(H,23,28)(H,25,29)/t11-,14+/m0/s1. The zero-order chi connectivity index (χ0) is 23.4. The van der Waals surface area contributed by atoms with Crippen molar-refractivity contribution < 1.29 is 23.9 Å². The molecule has 0 aromatic carbocycles. The number of nitrogens with one attached hydrogen (secondary N) is 2. The summed E-state index contributed by atoms with van der Waals surface area (Å²) in [6.07, 6.45) is 2.86. The van der Waals surface area contributed by atoms with Crippen LogP contribution in [0.4, 0.5) is 5.69 Å². The van der Waals surface area contributed by atoms with E-state index in [-0.39, 0.29) is 35.0 Å². The fraction of sp³-hybridized carbons (Fsp3) is 0.381. The Kier molecular flexibility index (Phi) is 7.08. The Balaban J connectivity index is 1.81. The molecule has 4 N–H and O–H groups in total. The van der Waals surface area contributed by atoms with Gasteiger partial charge in [-0.15, -0.1) is 11.3 Å². The van der Waals surface area contributed by atoms with Crippen LogP contribution < -0.4 is 21.1 Å². The number of pyridine rings is 1. The van der Waals surface area contributed by atoms with Crippen LogP contribution in [0.2, 0.25) is 0 Å². The first-order valence-electron chi connectivity index (χ1n) is 10.0. The summed E-state index contributed by atoms with van der Waals surface area (Å²) in [5.41, 5.74) is 5.46. The van der Waals surface area contributed by atoms with Crippen molar-refractivity contribution in [3.8, 4) is 5.88 Å². The highest BCUT2D eigenvalue weighted by Crippen LogP contribution is 2.37. The fourth-order valence-electron chi connectivity index (χ4n) is 3.62. The van der Waals surface area contributed by atoms with Crippen molar-refractivity contribution in [2.75, 3.05) is 26.0 Å². The minimum Gasteiger partial charge on any atom is -0.480 e. The van der Waals surface area contributed by atoms with Gasteiger partial charge in [0.05, 0.1) is 29.9 Å². The van der Waals surface area contributed by atoms with Crippen molar-refractivity contribution in [2.45, 2.75) is 25.8 Å². The SMILES string of the molecule is CNC(=O)c1ccc([C@H]2CC[C@H](C)CN2C(=O)C(=O)Nc2cnc(OC)c(C(N)=O)c2)s1. The van der Waals surface area contributed by atoms with Crippen LogP contribution in [0.3, 0.4) is 0 Å². The smallest absolute Gasteiger partial charge is 0.313 e. The summed E-state index contributed by atoms with van der Waals surface area (Å²) in [6, 6.07) is 4.54. The number of nitrogens with two attached hydrogens (primary N) is 1. The molecule has 1 fully saturated rings. The van der Waals surface area contributed by atoms with Crippen molar-refractivity contribution in [1.29, 1.82) is 0 Å². The van der Waals surface area contributed by atoms with Gasteiger partial charge in [-0.1, -0.05) is 6.92 Å². The first kappa shape index (κ1) is 23.2. The van der Waals surface area contributed by atoms with Crippen LogP contribution in [0, 0.1) is 5.92 Å². The number of hydrogen-bond donors (Lipinski definition) is 3. The lowest BCUT2D eigenvalue weighted by atomic mass is 9.93. The number of piperidine rings is 1. The monoisotopic (exact) mass is 459 g/mol. The number of likely N-dealkylation sites (tertiary alicyclic amines) is 1. The quantitative estimate of drug-likeness (QED) is 0.579. The van der Waals surface area contributed by atoms with Crippen molar-refractivity contribution >= 4 is 40.7 Å². The molecule has 0 aliphatic carbocycles. The van der Waals surface area contributed by atoms with Crippen molar-refractivity contribution in [3.05, 3.63) is 39.7 Å². The van der Waals surface area contributed by atoms with Gasteiger partial charge < -0.3 is 26.0 Å². The van der Waals surface area contributed by atoms with Crippen LogP contribution in [0.15, 0.2) is 24.4 Å². The van der Waals surface area contributed by atoms with Crippen molar-refractivity contribution in [2.24, 2.45) is 11.7 Å². The Morgan fingerprint density at radius 1 is 1.25 bits per heavy atom. The summed E-state index contributed by atoms with van der Waals surface area (Å²) in [5.74, 6) is -2.27. The highest BCUT2D eigenvalue weighted by atomic mass is 32.1. The first-order chi connectivity index (χ1) is 15.2. The third-order valence-corrected chi connectivity index (χ3v) is 6.43. The molecular formula is C21H25N5O5S. The van der Waals surface area contributed by atoms with Gasteiger partial charge in [0.1, 0.15) is 5.56 Å². The van der Waals surface area contributed by atoms with Gasteiger partial charge in [-0.2, -0.15) is 0 Å². The van der Waals surface area contributed by atoms with Crippen molar-refractivity contribution in [3.63, 3.8) is 0 Å². The van der Waals surface area contributed by atoms with Gasteiger partial charge in [-0.25, -0.2) is 4.98 Å². The average Bonchev–Trinajstić information content (AvgIpc) is 3.27. The molecule has 1 aliphatic rings. The van der Waals surface area contributed by atoms with Gasteiger partial charge in [-0.05, 0) is 37.0 Å². The number of aromatic nitrogens is 1. The lowest BCUT2D eigenvalue weighted by Crippen LogP contribution is -2.46. The summed E-state index contributed by atoms with van der Waals surface area (Å²) >= 11 is 1.31. The number of rotatable bonds is 5. The van der Waals surface area contributed by atoms with Gasteiger partial charge in [0.15, 0.2) is 0 Å². The normalized spacial score (nSPS) is 18.0. The van der Waals surface area contributed by atoms with Gasteiger partial charge >= 0.3 is 11.8 Å². The number of carbonyl (C=O) groups excluding carboxylic acids is 4. The number of thiophene rings is 1. The number of hydrogen-bond acceptors (Lipinski definition) is 7. The average molecular weight is 460 g/mol. The number of nitrogens with zero attached hydrogens (tertiary/aromatic N) is 2. The van der Waals surface area contributed by atoms with Crippen LogP contribution in [0.5, 0.6) is 5.88 Å². The number of anilines is 1. The van der Waals surface area contributed by atoms with E-state index in [4.69, 9.17) is 10.5 Å². The molecule has 32 heavy (non-hydrogen) atoms. The molecule has 2 aromatic heterocycles. The summed E-state index contributed by atoms with van der Waals surface area (Å²) in [5, 5.41) is 5.07. The Bertz CT molecular complexity index is 1050. The van der Waals surface area contributed by atoms with E-state index in [9.17, 15) is 19.2 Å². The first-order valence-corrected chi connectivity index (χ1v) is 10.8. The van der Waals surface area contributed by atoms with E-state index in [1.54, 1.807) is 13.1 Å². The zero-order valence-electron chi connectivity index (χ0n) is 18.0. The highest BCUT2D eigenvalue weighted by Gasteiger charge is 2.35. The van der Waals surface area contributed by atoms with Crippen LogP contribution >= 0.6 is 11.3 Å². The van der Waals surface area contributed by atoms with Crippen molar-refractivity contribution in [1.82, 2.24) is 15.2 Å². The van der Waals surface area contributed by atoms with Gasteiger partial charge in [0.25, 0.3) is 11.8 Å². The van der Waals surface area contributed by atoms with Crippen LogP contribution in [-0.2, 0) is 9.59 Å². The second kappa shape index (κ2) is 9.77. The molecule has 4 amide bonds. The number of methoxy groups -OCH3 is 1. The number of amides is 4. The van der Waals surface area contributed by atoms with Crippen LogP contribution in [-0.4, -0.2) is 54.2 Å². The predicted molar refractivity (Wildman–Crippen MR) is 118 cm³/mol. The zero-order valence-corrected chi connectivity index (χ0v) is 18.8. The molecule has 2 atom stereocenters. The molecular weight excluding hydrogens is 434 g/mol. The molecule has 0 saturated carbocycles. The van der Waals surface area contributed by atoms with Gasteiger partial charge in [0.2, 0.25) is 5.88 Å². The molecule has 0 radical (unpaired) electrons. The topological polar surface area (TPSA) is 144 Å². The summed E-state index contributed by atoms with van der Waals surface area (Å²) in [6.45, 7) is 2.43. The summed E-state index contributed by atoms with van der Waals surface area (Å²) < 4.78 is 4.98. The maximum atomic E-state index is 13.1. The Labute approximate surface area is 189 Å². The molecule has 0 bridgehead atoms. The second-order valence-electron chi connectivity index (χ2n) is 7.54. The molecule has 3 heterocycles. The Hall–Kier alpha value is -3.47. The fourth-order valence-corrected chi connectivity index (χ4v) is 4.73. The predicted octanol–water partition coefficient (Wildman–Crippen LogP) is 1.55. The minimum absolute atomic E-state index is 0.0115. The van der Waals surface area contributed by atoms with Crippen LogP contribution in [0.25, 0.3) is 0 Å². The van der Waals surface area contributed by atoms with Crippen LogP contribution in [0.1, 0.15) is 50.7 Å². The number of ether oxygens (including phenoxy) is 1. The summed E-state index contributed by atoms with van der Waals surface area (Å²) in [4.78, 5) is 56.2. The second-order valence-corrected chi connectivity index (χ2v) is 8.65. The Morgan fingerprint density at radius 2 is 2.00 bits per heavy atom. The largest absolute Gasteiger partial charge is 0.480 e. The maximum absolute atomic E-state index is 13.1. The molecule has 11 heteroatoms. The maximum Gasteiger partial charge on any atom is 0.313 e. The van der Waals surface area contributed by atoms with E-state index < -0.39 is 17.7 Å². The number of primary amides is 1. The molecule has 0 unspecified atom stereocenters. The molecule has 2 aromatic rings. The van der Waals surface area contributed by atoms with E-state index in [0.717, 1.165) is 11.3 Å². The third kappa shape index (κ3) is 4.88. The number of carbonyl (C=O) groups is 4. The minimum atomic E-state index is -0.852. The van der Waals surface area contributed by atoms with E-state index in [2.05, 4.69) is 15.6 Å². The van der Waals surface area contributed by atoms with E-state index in [1.807, 2.05) is 13.0 Å². The van der Waals surface area contributed by atoms with E-state index >= 15 is 0 Å². The lowest BCUT2D eigenvalue weighted by molar-refractivity contribution is -0.146. The molecule has 1 aliphatic heterocycles. The lowest BCUT2D eigenvalue weighted by Gasteiger charge is -2.37. The van der Waals surface area contributed by atoms with Gasteiger partial charge in [0, 0.05) is 18.5 Å². The van der Waals surface area contributed by atoms with E-state index in [1.165, 1.54) is 35.6 Å². The summed E-state index contributed by atoms with van der Waals surface area (Å²) in [7, 11) is 2.90. The Morgan fingerprint density at radius 3 is 2.66 bits per heavy atom. The molecule has 0 spiro atoms. The highest BCUT2D eigenvalue weighted by molar-refractivity contribution is 7.14. The third-order valence-electron chi connectivity index (χ3n) is 5.25. The molecule has 1 saturated heterocycles. The molecule has 3 rings (SSSR count). The van der Waals surface area contributed by atoms with Gasteiger partial charge in [-0.3, -0.25) is 19.2 Å².